The van der Waals surface area contributed by atoms with Gasteiger partial charge in [0.25, 0.3) is 0 Å². The third-order valence-electron chi connectivity index (χ3n) is 12.4. The van der Waals surface area contributed by atoms with Gasteiger partial charge in [-0.25, -0.2) is 0 Å². The van der Waals surface area contributed by atoms with Gasteiger partial charge in [-0.15, -0.1) is 0 Å². The van der Waals surface area contributed by atoms with Crippen molar-refractivity contribution >= 4 is 92.1 Å². The average molecular weight is 767 g/mol. The molecule has 0 spiro atoms. The molecule has 12 rings (SSSR count). The van der Waals surface area contributed by atoms with E-state index in [0.717, 1.165) is 5.69 Å². The van der Waals surface area contributed by atoms with Crippen LogP contribution in [0.1, 0.15) is 0 Å². The molecule has 9 aromatic rings. The first-order chi connectivity index (χ1) is 29.3. The normalized spacial score (nSPS) is 13.2. The smallest absolute Gasteiger partial charge is 0.249 e. The summed E-state index contributed by atoms with van der Waals surface area (Å²) < 4.78 is 0. The molecule has 0 fully saturated rings. The lowest BCUT2D eigenvalue weighted by molar-refractivity contribution is 1.26. The second kappa shape index (κ2) is 13.9. The van der Waals surface area contributed by atoms with Gasteiger partial charge in [-0.2, -0.15) is 0 Å². The van der Waals surface area contributed by atoms with Gasteiger partial charge in [-0.05, 0) is 98.7 Å². The summed E-state index contributed by atoms with van der Waals surface area (Å²) >= 11 is 1.92. The van der Waals surface area contributed by atoms with E-state index in [-0.39, 0.29) is 13.4 Å². The Bertz CT molecular complexity index is 2990. The van der Waals surface area contributed by atoms with E-state index in [1.165, 1.54) is 93.3 Å². The van der Waals surface area contributed by atoms with Crippen LogP contribution in [0.25, 0.3) is 22.3 Å². The summed E-state index contributed by atoms with van der Waals surface area (Å²) in [5.41, 5.74) is 20.2. The predicted octanol–water partition coefficient (Wildman–Crippen LogP) is 10.1. The minimum Gasteiger partial charge on any atom is -0.311 e. The molecule has 3 aliphatic rings. The van der Waals surface area contributed by atoms with E-state index in [1.54, 1.807) is 0 Å². The fourth-order valence-corrected chi connectivity index (χ4v) is 11.2. The van der Waals surface area contributed by atoms with Crippen LogP contribution in [-0.4, -0.2) is 13.4 Å². The third-order valence-corrected chi connectivity index (χ3v) is 13.5. The number of hydrogen-bond donors (Lipinski definition) is 0. The van der Waals surface area contributed by atoms with Gasteiger partial charge in [0.05, 0.1) is 0 Å². The van der Waals surface area contributed by atoms with Crippen molar-refractivity contribution in [2.24, 2.45) is 0 Å². The number of fused-ring (bicyclic) bond motifs is 6. The lowest BCUT2D eigenvalue weighted by atomic mass is 9.31. The van der Waals surface area contributed by atoms with Gasteiger partial charge in [-0.1, -0.05) is 186 Å². The van der Waals surface area contributed by atoms with E-state index in [1.807, 2.05) is 11.8 Å². The molecule has 0 bridgehead atoms. The fraction of sp³-hybridized carbons (Fsp3) is 0. The van der Waals surface area contributed by atoms with E-state index >= 15 is 0 Å². The van der Waals surface area contributed by atoms with Crippen molar-refractivity contribution in [3.63, 3.8) is 0 Å². The first-order valence-electron chi connectivity index (χ1n) is 20.4. The van der Waals surface area contributed by atoms with Crippen LogP contribution in [0.5, 0.6) is 0 Å². The molecule has 0 amide bonds. The van der Waals surface area contributed by atoms with Gasteiger partial charge in [0.15, 0.2) is 0 Å². The average Bonchev–Trinajstić information content (AvgIpc) is 3.31. The van der Waals surface area contributed by atoms with Crippen LogP contribution in [0, 0.1) is 0 Å². The Morgan fingerprint density at radius 1 is 0.305 bits per heavy atom. The van der Waals surface area contributed by atoms with E-state index < -0.39 is 0 Å². The van der Waals surface area contributed by atoms with Gasteiger partial charge in [0.1, 0.15) is 0 Å². The number of para-hydroxylation sites is 4. The van der Waals surface area contributed by atoms with Gasteiger partial charge in [0, 0.05) is 43.9 Å². The van der Waals surface area contributed by atoms with E-state index in [4.69, 9.17) is 0 Å². The molecule has 3 heterocycles. The molecule has 0 unspecified atom stereocenters. The van der Waals surface area contributed by atoms with Crippen molar-refractivity contribution in [1.29, 1.82) is 0 Å². The molecule has 0 N–H and O–H groups in total. The predicted molar refractivity (Wildman–Crippen MR) is 253 cm³/mol. The summed E-state index contributed by atoms with van der Waals surface area (Å²) in [6.45, 7) is 0.0132. The zero-order valence-electron chi connectivity index (χ0n) is 32.2. The van der Waals surface area contributed by atoms with Gasteiger partial charge < -0.3 is 9.80 Å². The Morgan fingerprint density at radius 3 is 1.34 bits per heavy atom. The first kappa shape index (κ1) is 34.1. The molecule has 5 heteroatoms. The molecule has 2 nitrogen and oxygen atoms in total. The summed E-state index contributed by atoms with van der Waals surface area (Å²) in [5.74, 6) is 0. The van der Waals surface area contributed by atoms with Crippen molar-refractivity contribution in [3.8, 4) is 22.3 Å². The second-order valence-electron chi connectivity index (χ2n) is 15.6. The van der Waals surface area contributed by atoms with Crippen LogP contribution in [0.4, 0.5) is 34.1 Å². The van der Waals surface area contributed by atoms with Crippen molar-refractivity contribution in [2.45, 2.75) is 9.79 Å². The Morgan fingerprint density at radius 2 is 0.763 bits per heavy atom. The molecular formula is C54H36B2N2S. The van der Waals surface area contributed by atoms with E-state index in [9.17, 15) is 0 Å². The summed E-state index contributed by atoms with van der Waals surface area (Å²) in [4.78, 5) is 7.59. The molecule has 0 saturated carbocycles. The molecule has 0 saturated heterocycles. The van der Waals surface area contributed by atoms with E-state index in [2.05, 4.69) is 228 Å². The van der Waals surface area contributed by atoms with Crippen LogP contribution in [0.15, 0.2) is 228 Å². The number of anilines is 6. The Labute approximate surface area is 350 Å². The van der Waals surface area contributed by atoms with Crippen molar-refractivity contribution in [3.05, 3.63) is 218 Å². The summed E-state index contributed by atoms with van der Waals surface area (Å²) in [5, 5.41) is 0. The first-order valence-corrected chi connectivity index (χ1v) is 21.2. The SMILES string of the molecule is c1ccc(-c2cccc(-c3ccccc3)c2B2c3ccccc3N(c3ccccc3)c3cc4c(cc32)B2c3ccccc3N(c3ccccc3)c3cccc(c32)S4)cc1. The van der Waals surface area contributed by atoms with Gasteiger partial charge in [-0.3, -0.25) is 0 Å². The highest BCUT2D eigenvalue weighted by Gasteiger charge is 2.44. The summed E-state index contributed by atoms with van der Waals surface area (Å²) in [7, 11) is 0. The molecule has 0 radical (unpaired) electrons. The Kier molecular flexibility index (Phi) is 8.02. The maximum Gasteiger partial charge on any atom is 0.249 e. The van der Waals surface area contributed by atoms with Crippen molar-refractivity contribution in [2.75, 3.05) is 9.80 Å². The molecule has 3 aliphatic heterocycles. The van der Waals surface area contributed by atoms with Crippen LogP contribution < -0.4 is 42.6 Å². The lowest BCUT2D eigenvalue weighted by Gasteiger charge is -2.42. The Balaban J connectivity index is 1.17. The number of rotatable bonds is 5. The van der Waals surface area contributed by atoms with Crippen LogP contribution in [-0.2, 0) is 0 Å². The molecule has 0 aliphatic carbocycles. The van der Waals surface area contributed by atoms with Crippen LogP contribution in [0.2, 0.25) is 0 Å². The minimum atomic E-state index is -0.0561. The summed E-state index contributed by atoms with van der Waals surface area (Å²) in [6, 6.07) is 80.7. The standard InChI is InChI=1S/C54H36B2N2S/c1-5-19-37(20-6-1)41-27-17-28-42(38-21-7-2-8-22-38)53(41)55-43-29-13-16-32-48(43)58(40-25-11-4-12-26-40)50-36-52-46(35-45(50)55)56-44-30-14-15-31-47(44)57(39-23-9-3-10-24-39)49-33-18-34-51(59-52)54(49)56/h1-36H. The topological polar surface area (TPSA) is 6.48 Å². The highest BCUT2D eigenvalue weighted by Crippen LogP contribution is 2.44. The fourth-order valence-electron chi connectivity index (χ4n) is 9.98. The van der Waals surface area contributed by atoms with Gasteiger partial charge in [0.2, 0.25) is 13.4 Å². The Hall–Kier alpha value is -6.94. The largest absolute Gasteiger partial charge is 0.311 e. The molecule has 9 aromatic carbocycles. The number of nitrogens with zero attached hydrogens (tertiary/aromatic N) is 2. The quantitative estimate of drug-likeness (QED) is 0.161. The maximum atomic E-state index is 2.60. The number of hydrogen-bond acceptors (Lipinski definition) is 3. The molecule has 274 valence electrons. The summed E-state index contributed by atoms with van der Waals surface area (Å²) in [6.07, 6.45) is 0. The highest BCUT2D eigenvalue weighted by molar-refractivity contribution is 8.00. The van der Waals surface area contributed by atoms with Crippen LogP contribution in [0.3, 0.4) is 0 Å². The highest BCUT2D eigenvalue weighted by atomic mass is 32.2. The zero-order chi connectivity index (χ0) is 38.9. The zero-order valence-corrected chi connectivity index (χ0v) is 33.1. The molecule has 59 heavy (non-hydrogen) atoms. The number of benzene rings is 9. The van der Waals surface area contributed by atoms with Crippen molar-refractivity contribution < 1.29 is 0 Å². The molecule has 0 aromatic heterocycles. The maximum absolute atomic E-state index is 2.60. The molecule has 0 atom stereocenters. The molecular weight excluding hydrogens is 730 g/mol. The third kappa shape index (κ3) is 5.39. The minimum absolute atomic E-state index is 0.0561. The van der Waals surface area contributed by atoms with Crippen LogP contribution >= 0.6 is 11.8 Å². The van der Waals surface area contributed by atoms with Gasteiger partial charge >= 0.3 is 0 Å². The lowest BCUT2D eigenvalue weighted by Crippen LogP contribution is -2.63. The van der Waals surface area contributed by atoms with Crippen molar-refractivity contribution in [1.82, 2.24) is 0 Å². The monoisotopic (exact) mass is 766 g/mol. The second-order valence-corrected chi connectivity index (χ2v) is 16.6. The van der Waals surface area contributed by atoms with E-state index in [0.29, 0.717) is 0 Å².